The number of rotatable bonds is 2. The molecule has 2 aromatic rings. The first-order valence-electron chi connectivity index (χ1n) is 4.80. The van der Waals surface area contributed by atoms with E-state index in [9.17, 15) is 4.79 Å². The molecule has 1 aromatic carbocycles. The van der Waals surface area contributed by atoms with E-state index in [1.807, 2.05) is 18.2 Å². The van der Waals surface area contributed by atoms with Gasteiger partial charge in [-0.05, 0) is 25.1 Å². The summed E-state index contributed by atoms with van der Waals surface area (Å²) in [5.74, 6) is -0.447. The number of fused-ring (bicyclic) bond motifs is 1. The van der Waals surface area contributed by atoms with Crippen molar-refractivity contribution < 1.29 is 9.53 Å². The SMILES string of the molecule is CCOC(=O)c1cnc2ccc(Br)cc2n1. The van der Waals surface area contributed by atoms with Gasteiger partial charge in [0.25, 0.3) is 0 Å². The second kappa shape index (κ2) is 4.57. The van der Waals surface area contributed by atoms with Crippen LogP contribution in [0, 0.1) is 0 Å². The van der Waals surface area contributed by atoms with Crippen LogP contribution in [0.4, 0.5) is 0 Å². The fourth-order valence-corrected chi connectivity index (χ4v) is 1.64. The fourth-order valence-electron chi connectivity index (χ4n) is 1.29. The van der Waals surface area contributed by atoms with E-state index in [1.165, 1.54) is 6.20 Å². The van der Waals surface area contributed by atoms with Crippen molar-refractivity contribution in [2.75, 3.05) is 6.61 Å². The average molecular weight is 281 g/mol. The molecule has 0 saturated heterocycles. The minimum Gasteiger partial charge on any atom is -0.461 e. The number of carbonyl (C=O) groups is 1. The lowest BCUT2D eigenvalue weighted by molar-refractivity contribution is 0.0519. The Morgan fingerprint density at radius 1 is 1.44 bits per heavy atom. The third kappa shape index (κ3) is 2.19. The second-order valence-corrected chi connectivity index (χ2v) is 4.02. The van der Waals surface area contributed by atoms with Gasteiger partial charge in [0.05, 0.1) is 23.8 Å². The predicted molar refractivity (Wildman–Crippen MR) is 63.2 cm³/mol. The van der Waals surface area contributed by atoms with Crippen LogP contribution >= 0.6 is 15.9 Å². The van der Waals surface area contributed by atoms with Crippen LogP contribution in [-0.2, 0) is 4.74 Å². The van der Waals surface area contributed by atoms with Gasteiger partial charge in [-0.25, -0.2) is 9.78 Å². The molecule has 0 bridgehead atoms. The van der Waals surface area contributed by atoms with Crippen molar-refractivity contribution in [3.63, 3.8) is 0 Å². The van der Waals surface area contributed by atoms with Crippen LogP contribution in [0.3, 0.4) is 0 Å². The van der Waals surface area contributed by atoms with Crippen LogP contribution in [0.5, 0.6) is 0 Å². The lowest BCUT2D eigenvalue weighted by Gasteiger charge is -2.02. The van der Waals surface area contributed by atoms with Crippen LogP contribution in [0.15, 0.2) is 28.9 Å². The number of benzene rings is 1. The molecule has 0 unspecified atom stereocenters. The molecule has 4 nitrogen and oxygen atoms in total. The Bertz CT molecular complexity index is 542. The molecule has 2 rings (SSSR count). The molecule has 0 aliphatic rings. The standard InChI is InChI=1S/C11H9BrN2O2/c1-2-16-11(15)10-6-13-8-4-3-7(12)5-9(8)14-10/h3-6H,2H2,1H3. The molecule has 0 saturated carbocycles. The predicted octanol–water partition coefficient (Wildman–Crippen LogP) is 2.57. The van der Waals surface area contributed by atoms with Gasteiger partial charge in [-0.15, -0.1) is 0 Å². The van der Waals surface area contributed by atoms with Gasteiger partial charge in [0.15, 0.2) is 5.69 Å². The zero-order chi connectivity index (χ0) is 11.5. The molecule has 0 N–H and O–H groups in total. The number of esters is 1. The molecule has 0 aliphatic carbocycles. The average Bonchev–Trinajstić information content (AvgIpc) is 2.28. The van der Waals surface area contributed by atoms with E-state index >= 15 is 0 Å². The smallest absolute Gasteiger partial charge is 0.358 e. The van der Waals surface area contributed by atoms with Crippen molar-refractivity contribution in [1.82, 2.24) is 9.97 Å². The first kappa shape index (κ1) is 11.0. The van der Waals surface area contributed by atoms with Gasteiger partial charge in [-0.3, -0.25) is 4.98 Å². The van der Waals surface area contributed by atoms with E-state index in [0.717, 1.165) is 9.99 Å². The molecule has 82 valence electrons. The summed E-state index contributed by atoms with van der Waals surface area (Å²) < 4.78 is 5.75. The van der Waals surface area contributed by atoms with Crippen molar-refractivity contribution in [3.05, 3.63) is 34.6 Å². The summed E-state index contributed by atoms with van der Waals surface area (Å²) in [6.45, 7) is 2.08. The van der Waals surface area contributed by atoms with Gasteiger partial charge in [0.2, 0.25) is 0 Å². The number of hydrogen-bond acceptors (Lipinski definition) is 4. The maximum Gasteiger partial charge on any atom is 0.358 e. The van der Waals surface area contributed by atoms with Crippen molar-refractivity contribution in [3.8, 4) is 0 Å². The quantitative estimate of drug-likeness (QED) is 0.794. The molecule has 16 heavy (non-hydrogen) atoms. The molecule has 5 heteroatoms. The summed E-state index contributed by atoms with van der Waals surface area (Å²) in [4.78, 5) is 19.8. The van der Waals surface area contributed by atoms with E-state index in [-0.39, 0.29) is 5.69 Å². The van der Waals surface area contributed by atoms with Crippen molar-refractivity contribution in [2.45, 2.75) is 6.92 Å². The van der Waals surface area contributed by atoms with E-state index in [0.29, 0.717) is 12.1 Å². The van der Waals surface area contributed by atoms with E-state index < -0.39 is 5.97 Å². The highest BCUT2D eigenvalue weighted by Crippen LogP contribution is 2.16. The van der Waals surface area contributed by atoms with Crippen LogP contribution in [0.2, 0.25) is 0 Å². The molecule has 0 fully saturated rings. The van der Waals surface area contributed by atoms with Crippen LogP contribution < -0.4 is 0 Å². The molecule has 1 aromatic heterocycles. The lowest BCUT2D eigenvalue weighted by Crippen LogP contribution is -2.07. The number of carbonyl (C=O) groups excluding carboxylic acids is 1. The van der Waals surface area contributed by atoms with Crippen molar-refractivity contribution in [1.29, 1.82) is 0 Å². The maximum atomic E-state index is 11.4. The van der Waals surface area contributed by atoms with Crippen LogP contribution in [-0.4, -0.2) is 22.5 Å². The highest BCUT2D eigenvalue weighted by molar-refractivity contribution is 9.10. The summed E-state index contributed by atoms with van der Waals surface area (Å²) in [6, 6.07) is 5.52. The highest BCUT2D eigenvalue weighted by Gasteiger charge is 2.09. The van der Waals surface area contributed by atoms with Crippen LogP contribution in [0.25, 0.3) is 11.0 Å². The topological polar surface area (TPSA) is 52.1 Å². The number of nitrogens with zero attached hydrogens (tertiary/aromatic N) is 2. The lowest BCUT2D eigenvalue weighted by atomic mass is 10.3. The summed E-state index contributed by atoms with van der Waals surface area (Å²) in [6.07, 6.45) is 1.42. The van der Waals surface area contributed by atoms with Gasteiger partial charge < -0.3 is 4.74 Å². The normalized spacial score (nSPS) is 10.4. The second-order valence-electron chi connectivity index (χ2n) is 3.11. The summed E-state index contributed by atoms with van der Waals surface area (Å²) in [7, 11) is 0. The third-order valence-corrected chi connectivity index (χ3v) is 2.48. The van der Waals surface area contributed by atoms with Gasteiger partial charge in [-0.2, -0.15) is 0 Å². The largest absolute Gasteiger partial charge is 0.461 e. The third-order valence-electron chi connectivity index (χ3n) is 1.99. The first-order valence-corrected chi connectivity index (χ1v) is 5.59. The monoisotopic (exact) mass is 280 g/mol. The maximum absolute atomic E-state index is 11.4. The molecule has 0 radical (unpaired) electrons. The van der Waals surface area contributed by atoms with Gasteiger partial charge in [0.1, 0.15) is 0 Å². The Morgan fingerprint density at radius 3 is 3.00 bits per heavy atom. The Kier molecular flexibility index (Phi) is 3.14. The molecule has 1 heterocycles. The zero-order valence-electron chi connectivity index (χ0n) is 8.61. The number of hydrogen-bond donors (Lipinski definition) is 0. The summed E-state index contributed by atoms with van der Waals surface area (Å²) >= 11 is 3.34. The molecule has 0 aliphatic heterocycles. The molecular formula is C11H9BrN2O2. The molecule has 0 atom stereocenters. The fraction of sp³-hybridized carbons (Fsp3) is 0.182. The Labute approximate surface area is 101 Å². The van der Waals surface area contributed by atoms with E-state index in [1.54, 1.807) is 6.92 Å². The van der Waals surface area contributed by atoms with Crippen molar-refractivity contribution in [2.24, 2.45) is 0 Å². The highest BCUT2D eigenvalue weighted by atomic mass is 79.9. The summed E-state index contributed by atoms with van der Waals surface area (Å²) in [5, 5.41) is 0. The Hall–Kier alpha value is -1.49. The van der Waals surface area contributed by atoms with Gasteiger partial charge in [0, 0.05) is 4.47 Å². The van der Waals surface area contributed by atoms with E-state index in [2.05, 4.69) is 25.9 Å². The Balaban J connectivity index is 2.46. The number of halogens is 1. The minimum atomic E-state index is -0.447. The van der Waals surface area contributed by atoms with Gasteiger partial charge >= 0.3 is 5.97 Å². The first-order chi connectivity index (χ1) is 7.70. The Morgan fingerprint density at radius 2 is 2.25 bits per heavy atom. The molecule has 0 amide bonds. The molecular weight excluding hydrogens is 272 g/mol. The summed E-state index contributed by atoms with van der Waals surface area (Å²) in [5.41, 5.74) is 1.64. The zero-order valence-corrected chi connectivity index (χ0v) is 10.2. The van der Waals surface area contributed by atoms with Crippen LogP contribution in [0.1, 0.15) is 17.4 Å². The van der Waals surface area contributed by atoms with Crippen molar-refractivity contribution >= 4 is 32.9 Å². The number of aromatic nitrogens is 2. The number of ether oxygens (including phenoxy) is 1. The van der Waals surface area contributed by atoms with E-state index in [4.69, 9.17) is 4.74 Å². The minimum absolute atomic E-state index is 0.229. The van der Waals surface area contributed by atoms with Gasteiger partial charge in [-0.1, -0.05) is 15.9 Å². The molecule has 0 spiro atoms.